The molecule has 0 heterocycles. The van der Waals surface area contributed by atoms with Crippen molar-refractivity contribution in [3.63, 3.8) is 0 Å². The highest BCUT2D eigenvalue weighted by atomic mass is 79.9. The van der Waals surface area contributed by atoms with Crippen LogP contribution in [0.3, 0.4) is 0 Å². The lowest BCUT2D eigenvalue weighted by Crippen LogP contribution is -2.03. The van der Waals surface area contributed by atoms with Crippen LogP contribution in [-0.2, 0) is 11.2 Å². The summed E-state index contributed by atoms with van der Waals surface area (Å²) in [6, 6.07) is 4.78. The average Bonchev–Trinajstić information content (AvgIpc) is 2.16. The fourth-order valence-corrected chi connectivity index (χ4v) is 1.79. The Balaban J connectivity index is 3.33. The van der Waals surface area contributed by atoms with Gasteiger partial charge in [-0.3, -0.25) is 9.59 Å². The van der Waals surface area contributed by atoms with Gasteiger partial charge in [0, 0.05) is 10.0 Å². The maximum Gasteiger partial charge on any atom is 0.307 e. The number of carboxylic acids is 1. The molecule has 76 valence electrons. The van der Waals surface area contributed by atoms with Gasteiger partial charge in [0.15, 0.2) is 0 Å². The first-order valence-corrected chi connectivity index (χ1v) is 4.77. The molecule has 0 amide bonds. The predicted molar refractivity (Wildman–Crippen MR) is 55.6 cm³/mol. The highest BCUT2D eigenvalue weighted by Crippen LogP contribution is 2.22. The summed E-state index contributed by atoms with van der Waals surface area (Å²) in [5.74, 6) is -1.04. The Labute approximate surface area is 94.3 Å². The topological polar surface area (TPSA) is 78.2 Å². The molecule has 0 unspecified atom stereocenters. The van der Waals surface area contributed by atoms with Crippen molar-refractivity contribution >= 4 is 28.2 Å². The van der Waals surface area contributed by atoms with E-state index in [-0.39, 0.29) is 12.0 Å². The number of carbonyl (C=O) groups excluding carboxylic acids is 1. The Morgan fingerprint density at radius 1 is 1.60 bits per heavy atom. The smallest absolute Gasteiger partial charge is 0.307 e. The molecule has 4 nitrogen and oxygen atoms in total. The van der Waals surface area contributed by atoms with Gasteiger partial charge in [-0.1, -0.05) is 0 Å². The summed E-state index contributed by atoms with van der Waals surface area (Å²) in [7, 11) is 0. The molecular weight excluding hydrogens is 262 g/mol. The predicted octanol–water partition coefficient (Wildman–Crippen LogP) is 1.76. The standard InChI is InChI=1S/C10H6BrNO3/c11-9-2-6(5-13)1-7(3-10(14)15)8(9)4-12/h1-2,5H,3H2,(H,14,15). The largest absolute Gasteiger partial charge is 0.481 e. The molecule has 1 rings (SSSR count). The van der Waals surface area contributed by atoms with Crippen LogP contribution < -0.4 is 0 Å². The first-order valence-electron chi connectivity index (χ1n) is 3.98. The van der Waals surface area contributed by atoms with Crippen molar-refractivity contribution in [3.8, 4) is 6.07 Å². The number of rotatable bonds is 3. The molecule has 0 saturated carbocycles. The van der Waals surface area contributed by atoms with Gasteiger partial charge in [0.25, 0.3) is 0 Å². The molecule has 1 aromatic rings. The van der Waals surface area contributed by atoms with E-state index in [4.69, 9.17) is 10.4 Å². The van der Waals surface area contributed by atoms with Gasteiger partial charge in [-0.15, -0.1) is 0 Å². The van der Waals surface area contributed by atoms with Gasteiger partial charge in [-0.2, -0.15) is 5.26 Å². The monoisotopic (exact) mass is 267 g/mol. The van der Waals surface area contributed by atoms with Crippen LogP contribution >= 0.6 is 15.9 Å². The van der Waals surface area contributed by atoms with Crippen molar-refractivity contribution in [2.24, 2.45) is 0 Å². The number of hydrogen-bond donors (Lipinski definition) is 1. The minimum atomic E-state index is -1.04. The van der Waals surface area contributed by atoms with Gasteiger partial charge in [0.2, 0.25) is 0 Å². The van der Waals surface area contributed by atoms with Crippen LogP contribution in [0.15, 0.2) is 16.6 Å². The Morgan fingerprint density at radius 2 is 2.27 bits per heavy atom. The second-order valence-electron chi connectivity index (χ2n) is 2.84. The number of nitriles is 1. The zero-order chi connectivity index (χ0) is 11.4. The molecule has 15 heavy (non-hydrogen) atoms. The summed E-state index contributed by atoms with van der Waals surface area (Å²) < 4.78 is 0.436. The zero-order valence-electron chi connectivity index (χ0n) is 7.53. The number of aliphatic carboxylic acids is 1. The van der Waals surface area contributed by atoms with Gasteiger partial charge >= 0.3 is 5.97 Å². The summed E-state index contributed by atoms with van der Waals surface area (Å²) in [6.45, 7) is 0. The molecule has 1 N–H and O–H groups in total. The highest BCUT2D eigenvalue weighted by Gasteiger charge is 2.11. The molecule has 0 bridgehead atoms. The highest BCUT2D eigenvalue weighted by molar-refractivity contribution is 9.10. The second-order valence-corrected chi connectivity index (χ2v) is 3.69. The van der Waals surface area contributed by atoms with Gasteiger partial charge in [0.05, 0.1) is 12.0 Å². The number of carbonyl (C=O) groups is 2. The van der Waals surface area contributed by atoms with Crippen LogP contribution in [0.5, 0.6) is 0 Å². The van der Waals surface area contributed by atoms with Crippen LogP contribution in [0.25, 0.3) is 0 Å². The van der Waals surface area contributed by atoms with Crippen molar-refractivity contribution in [1.29, 1.82) is 5.26 Å². The van der Waals surface area contributed by atoms with Crippen molar-refractivity contribution in [1.82, 2.24) is 0 Å². The summed E-state index contributed by atoms with van der Waals surface area (Å²) >= 11 is 3.11. The van der Waals surface area contributed by atoms with E-state index < -0.39 is 5.97 Å². The molecule has 0 saturated heterocycles. The lowest BCUT2D eigenvalue weighted by atomic mass is 10.0. The van der Waals surface area contributed by atoms with Crippen LogP contribution in [0.4, 0.5) is 0 Å². The molecule has 0 aromatic heterocycles. The van der Waals surface area contributed by atoms with E-state index >= 15 is 0 Å². The van der Waals surface area contributed by atoms with Gasteiger partial charge < -0.3 is 5.11 Å². The molecule has 0 fully saturated rings. The minimum absolute atomic E-state index is 0.253. The Hall–Kier alpha value is -1.67. The van der Waals surface area contributed by atoms with Crippen LogP contribution in [0.1, 0.15) is 21.5 Å². The minimum Gasteiger partial charge on any atom is -0.481 e. The number of hydrogen-bond acceptors (Lipinski definition) is 3. The van der Waals surface area contributed by atoms with E-state index in [1.54, 1.807) is 0 Å². The van der Waals surface area contributed by atoms with E-state index in [0.717, 1.165) is 0 Å². The van der Waals surface area contributed by atoms with Crippen molar-refractivity contribution < 1.29 is 14.7 Å². The van der Waals surface area contributed by atoms with Crippen LogP contribution in [0, 0.1) is 11.3 Å². The van der Waals surface area contributed by atoms with E-state index in [0.29, 0.717) is 21.9 Å². The summed E-state index contributed by atoms with van der Waals surface area (Å²) in [4.78, 5) is 21.1. The third-order valence-electron chi connectivity index (χ3n) is 1.78. The van der Waals surface area contributed by atoms with Crippen LogP contribution in [-0.4, -0.2) is 17.4 Å². The summed E-state index contributed by atoms with van der Waals surface area (Å²) in [6.07, 6.45) is 0.334. The lowest BCUT2D eigenvalue weighted by Gasteiger charge is -2.04. The molecule has 0 atom stereocenters. The fourth-order valence-electron chi connectivity index (χ4n) is 1.18. The van der Waals surface area contributed by atoms with E-state index in [1.807, 2.05) is 6.07 Å². The zero-order valence-corrected chi connectivity index (χ0v) is 9.11. The van der Waals surface area contributed by atoms with Crippen molar-refractivity contribution in [3.05, 3.63) is 33.3 Å². The molecule has 0 aliphatic heterocycles. The third kappa shape index (κ3) is 2.64. The van der Waals surface area contributed by atoms with Gasteiger partial charge in [0.1, 0.15) is 12.4 Å². The normalized spacial score (nSPS) is 9.33. The SMILES string of the molecule is N#Cc1c(Br)cc(C=O)cc1CC(=O)O. The quantitative estimate of drug-likeness (QED) is 0.847. The van der Waals surface area contributed by atoms with Crippen molar-refractivity contribution in [2.75, 3.05) is 0 Å². The molecule has 0 aliphatic carbocycles. The number of benzene rings is 1. The molecule has 5 heteroatoms. The number of nitrogens with zero attached hydrogens (tertiary/aromatic N) is 1. The maximum absolute atomic E-state index is 10.5. The molecule has 0 aliphatic rings. The Bertz CT molecular complexity index is 462. The number of aldehydes is 1. The average molecular weight is 268 g/mol. The lowest BCUT2D eigenvalue weighted by molar-refractivity contribution is -0.136. The Morgan fingerprint density at radius 3 is 2.73 bits per heavy atom. The number of halogens is 1. The summed E-state index contributed by atoms with van der Waals surface area (Å²) in [5.41, 5.74) is 0.932. The van der Waals surface area contributed by atoms with Crippen LogP contribution in [0.2, 0.25) is 0 Å². The first-order chi connectivity index (χ1) is 7.08. The van der Waals surface area contributed by atoms with Gasteiger partial charge in [-0.05, 0) is 33.6 Å². The molecule has 1 aromatic carbocycles. The molecule has 0 spiro atoms. The molecular formula is C10H6BrNO3. The fraction of sp³-hybridized carbons (Fsp3) is 0.100. The van der Waals surface area contributed by atoms with E-state index in [1.165, 1.54) is 12.1 Å². The van der Waals surface area contributed by atoms with E-state index in [9.17, 15) is 9.59 Å². The molecule has 0 radical (unpaired) electrons. The number of carboxylic acid groups (broad SMARTS) is 1. The van der Waals surface area contributed by atoms with Gasteiger partial charge in [-0.25, -0.2) is 0 Å². The van der Waals surface area contributed by atoms with E-state index in [2.05, 4.69) is 15.9 Å². The maximum atomic E-state index is 10.5. The third-order valence-corrected chi connectivity index (χ3v) is 2.41. The Kier molecular flexibility index (Phi) is 3.58. The summed E-state index contributed by atoms with van der Waals surface area (Å²) in [5, 5.41) is 17.4. The van der Waals surface area contributed by atoms with Crippen molar-refractivity contribution in [2.45, 2.75) is 6.42 Å². The second kappa shape index (κ2) is 4.71. The first kappa shape index (κ1) is 11.4.